The summed E-state index contributed by atoms with van der Waals surface area (Å²) in [5, 5.41) is 12.2. The van der Waals surface area contributed by atoms with E-state index in [2.05, 4.69) is 71.1 Å². The number of allylic oxidation sites excluding steroid dienone is 1. The van der Waals surface area contributed by atoms with Gasteiger partial charge in [-0.1, -0.05) is 30.3 Å². The van der Waals surface area contributed by atoms with Gasteiger partial charge in [0.05, 0.1) is 30.8 Å². The number of carbonyl (C=O) groups is 1. The van der Waals surface area contributed by atoms with Crippen molar-refractivity contribution < 1.29 is 13.9 Å². The normalized spacial score (nSPS) is 22.4. The summed E-state index contributed by atoms with van der Waals surface area (Å²) >= 11 is 0. The van der Waals surface area contributed by atoms with Crippen LogP contribution in [-0.4, -0.2) is 89.8 Å². The summed E-state index contributed by atoms with van der Waals surface area (Å²) in [5.41, 5.74) is 4.63. The minimum Gasteiger partial charge on any atom is -0.462 e. The Morgan fingerprint density at radius 1 is 1.15 bits per heavy atom. The molecule has 0 unspecified atom stereocenters. The number of rotatable bonds is 8. The monoisotopic (exact) mass is 623 g/mol. The van der Waals surface area contributed by atoms with Gasteiger partial charge in [-0.25, -0.2) is 4.39 Å². The summed E-state index contributed by atoms with van der Waals surface area (Å²) in [4.78, 5) is 31.8. The van der Waals surface area contributed by atoms with Gasteiger partial charge in [0.15, 0.2) is 0 Å². The number of aryl methyl sites for hydroxylation is 1. The zero-order valence-corrected chi connectivity index (χ0v) is 26.8. The number of nitrogens with zero attached hydrogens (tertiary/aromatic N) is 7. The van der Waals surface area contributed by atoms with E-state index in [-0.39, 0.29) is 23.9 Å². The SMILES string of the molecule is Cc1cccc2cccc(N3Cc4nc(OC[C@@H]5CCCN5C)nc(N5CCN(C(=O)/C=C/CF)[C@@H](CC#N)C5)c4CC34CC4)c12. The number of alkyl halides is 1. The molecule has 46 heavy (non-hydrogen) atoms. The van der Waals surface area contributed by atoms with Crippen molar-refractivity contribution in [3.05, 3.63) is 65.4 Å². The summed E-state index contributed by atoms with van der Waals surface area (Å²) in [5.74, 6) is 0.596. The molecule has 0 radical (unpaired) electrons. The molecule has 1 aliphatic carbocycles. The molecule has 1 saturated carbocycles. The third-order valence-electron chi connectivity index (χ3n) is 10.5. The van der Waals surface area contributed by atoms with Gasteiger partial charge in [0, 0.05) is 60.3 Å². The van der Waals surface area contributed by atoms with Gasteiger partial charge in [-0.05, 0) is 69.3 Å². The van der Waals surface area contributed by atoms with E-state index in [1.54, 1.807) is 4.90 Å². The lowest BCUT2D eigenvalue weighted by atomic mass is 9.92. The van der Waals surface area contributed by atoms with E-state index in [0.29, 0.717) is 44.8 Å². The Bertz CT molecular complexity index is 1690. The lowest BCUT2D eigenvalue weighted by Crippen LogP contribution is -2.55. The highest BCUT2D eigenvalue weighted by atomic mass is 19.1. The number of fused-ring (bicyclic) bond motifs is 2. The number of hydrogen-bond donors (Lipinski definition) is 0. The predicted molar refractivity (Wildman–Crippen MR) is 177 cm³/mol. The van der Waals surface area contributed by atoms with E-state index < -0.39 is 6.67 Å². The Labute approximate surface area is 270 Å². The first kappa shape index (κ1) is 30.4. The number of aromatic nitrogens is 2. The average molecular weight is 624 g/mol. The molecule has 3 fully saturated rings. The Morgan fingerprint density at radius 2 is 1.98 bits per heavy atom. The van der Waals surface area contributed by atoms with Crippen LogP contribution < -0.4 is 14.5 Å². The molecule has 7 rings (SSSR count). The van der Waals surface area contributed by atoms with E-state index in [9.17, 15) is 14.4 Å². The number of amides is 1. The zero-order chi connectivity index (χ0) is 31.8. The fourth-order valence-corrected chi connectivity index (χ4v) is 7.76. The fourth-order valence-electron chi connectivity index (χ4n) is 7.76. The largest absolute Gasteiger partial charge is 0.462 e. The Morgan fingerprint density at radius 3 is 2.72 bits per heavy atom. The summed E-state index contributed by atoms with van der Waals surface area (Å²) < 4.78 is 19.1. The van der Waals surface area contributed by atoms with Gasteiger partial charge in [-0.3, -0.25) is 4.79 Å². The molecule has 4 aliphatic rings. The zero-order valence-electron chi connectivity index (χ0n) is 26.8. The number of anilines is 2. The topological polar surface area (TPSA) is 88.8 Å². The average Bonchev–Trinajstić information content (AvgIpc) is 3.71. The molecule has 1 spiro atoms. The molecule has 4 heterocycles. The fraction of sp³-hybridized carbons (Fsp3) is 0.500. The molecule has 3 aliphatic heterocycles. The van der Waals surface area contributed by atoms with Gasteiger partial charge in [-0.2, -0.15) is 15.2 Å². The minimum atomic E-state index is -0.696. The highest BCUT2D eigenvalue weighted by Crippen LogP contribution is 2.53. The van der Waals surface area contributed by atoms with Crippen molar-refractivity contribution in [1.82, 2.24) is 19.8 Å². The van der Waals surface area contributed by atoms with Crippen LogP contribution in [0.1, 0.15) is 48.9 Å². The van der Waals surface area contributed by atoms with Crippen LogP contribution in [0.15, 0.2) is 48.6 Å². The summed E-state index contributed by atoms with van der Waals surface area (Å²) in [7, 11) is 2.14. The van der Waals surface area contributed by atoms with Gasteiger partial charge in [0.1, 0.15) is 19.1 Å². The Hall–Kier alpha value is -4.23. The van der Waals surface area contributed by atoms with Crippen molar-refractivity contribution in [1.29, 1.82) is 5.26 Å². The minimum absolute atomic E-state index is 0.00237. The number of likely N-dealkylation sites (tertiary alicyclic amines) is 1. The van der Waals surface area contributed by atoms with Crippen LogP contribution in [-0.2, 0) is 17.8 Å². The van der Waals surface area contributed by atoms with Crippen LogP contribution in [0.2, 0.25) is 0 Å². The smallest absolute Gasteiger partial charge is 0.318 e. The summed E-state index contributed by atoms with van der Waals surface area (Å²) in [6.07, 6.45) is 7.96. The van der Waals surface area contributed by atoms with E-state index in [4.69, 9.17) is 14.7 Å². The maximum absolute atomic E-state index is 12.9. The van der Waals surface area contributed by atoms with Gasteiger partial charge in [-0.15, -0.1) is 0 Å². The van der Waals surface area contributed by atoms with Crippen molar-refractivity contribution in [3.63, 3.8) is 0 Å². The molecule has 2 saturated heterocycles. The summed E-state index contributed by atoms with van der Waals surface area (Å²) in [6.45, 7) is 5.20. The van der Waals surface area contributed by atoms with E-state index in [1.807, 2.05) is 0 Å². The standard InChI is InChI=1S/C36H42FN7O2/c1-25-7-3-8-26-9-4-11-31(33(25)26)44-23-30-29(21-36(44)14-15-36)34(40-35(39-30)46-24-28-10-6-18-41(28)2)42-19-20-43(27(22-42)13-17-38)32(45)12-5-16-37/h3-5,7-9,11-12,27-28H,6,10,13-16,18-24H2,1-2H3/b12-5+/t27-,28-/m0/s1. The molecule has 10 heteroatoms. The van der Waals surface area contributed by atoms with Crippen molar-refractivity contribution in [2.75, 3.05) is 56.3 Å². The third-order valence-corrected chi connectivity index (χ3v) is 10.5. The number of piperazine rings is 1. The highest BCUT2D eigenvalue weighted by Gasteiger charge is 2.52. The van der Waals surface area contributed by atoms with Crippen molar-refractivity contribution in [3.8, 4) is 12.1 Å². The first-order chi connectivity index (χ1) is 22.4. The predicted octanol–water partition coefficient (Wildman–Crippen LogP) is 4.96. The molecule has 9 nitrogen and oxygen atoms in total. The molecule has 0 bridgehead atoms. The second kappa shape index (κ2) is 12.5. The maximum atomic E-state index is 12.9. The van der Waals surface area contributed by atoms with Crippen LogP contribution in [0.3, 0.4) is 0 Å². The van der Waals surface area contributed by atoms with E-state index in [0.717, 1.165) is 55.7 Å². The Balaban J connectivity index is 1.25. The molecule has 3 aromatic rings. The maximum Gasteiger partial charge on any atom is 0.318 e. The van der Waals surface area contributed by atoms with Gasteiger partial charge < -0.3 is 24.3 Å². The molecule has 1 aromatic heterocycles. The van der Waals surface area contributed by atoms with Gasteiger partial charge in [0.25, 0.3) is 0 Å². The van der Waals surface area contributed by atoms with E-state index >= 15 is 0 Å². The lowest BCUT2D eigenvalue weighted by molar-refractivity contribution is -0.128. The first-order valence-corrected chi connectivity index (χ1v) is 16.5. The molecule has 2 atom stereocenters. The van der Waals surface area contributed by atoms with Gasteiger partial charge in [0.2, 0.25) is 5.91 Å². The molecule has 240 valence electrons. The molecular formula is C36H42FN7O2. The number of likely N-dealkylation sites (N-methyl/N-ethyl adjacent to an activating group) is 1. The molecule has 0 N–H and O–H groups in total. The number of ether oxygens (including phenoxy) is 1. The van der Waals surface area contributed by atoms with Crippen LogP contribution in [0.4, 0.5) is 15.9 Å². The van der Waals surface area contributed by atoms with Crippen molar-refractivity contribution in [2.24, 2.45) is 0 Å². The van der Waals surface area contributed by atoms with Crippen LogP contribution in [0, 0.1) is 18.3 Å². The number of nitriles is 1. The number of halogens is 1. The molecule has 2 aromatic carbocycles. The number of carbonyl (C=O) groups excluding carboxylic acids is 1. The first-order valence-electron chi connectivity index (χ1n) is 16.5. The van der Waals surface area contributed by atoms with Crippen LogP contribution in [0.5, 0.6) is 6.01 Å². The summed E-state index contributed by atoms with van der Waals surface area (Å²) in [6, 6.07) is 15.7. The Kier molecular flexibility index (Phi) is 8.28. The van der Waals surface area contributed by atoms with E-state index in [1.165, 1.54) is 34.2 Å². The van der Waals surface area contributed by atoms with Crippen molar-refractivity contribution >= 4 is 28.2 Å². The number of hydrogen-bond acceptors (Lipinski definition) is 8. The molecule has 1 amide bonds. The number of benzene rings is 2. The third kappa shape index (κ3) is 5.66. The quantitative estimate of drug-likeness (QED) is 0.326. The van der Waals surface area contributed by atoms with Gasteiger partial charge >= 0.3 is 6.01 Å². The lowest BCUT2D eigenvalue weighted by Gasteiger charge is -2.44. The molecular weight excluding hydrogens is 581 g/mol. The second-order valence-corrected chi connectivity index (χ2v) is 13.3. The van der Waals surface area contributed by atoms with Crippen LogP contribution >= 0.6 is 0 Å². The van der Waals surface area contributed by atoms with Crippen molar-refractivity contribution in [2.45, 2.75) is 69.6 Å². The second-order valence-electron chi connectivity index (χ2n) is 13.3. The van der Waals surface area contributed by atoms with Crippen LogP contribution in [0.25, 0.3) is 10.8 Å². The highest BCUT2D eigenvalue weighted by molar-refractivity contribution is 5.97.